The van der Waals surface area contributed by atoms with Crippen LogP contribution in [0.3, 0.4) is 0 Å². The van der Waals surface area contributed by atoms with E-state index in [0.29, 0.717) is 12.0 Å². The molecule has 3 nitrogen and oxygen atoms in total. The molecular weight excluding hydrogens is 329 g/mol. The third-order valence-electron chi connectivity index (χ3n) is 2.84. The first-order valence-electron chi connectivity index (χ1n) is 6.97. The maximum absolute atomic E-state index is 12.4. The number of thiol groups is 1. The van der Waals surface area contributed by atoms with Gasteiger partial charge in [-0.2, -0.15) is 25.8 Å². The average Bonchev–Trinajstić information content (AvgIpc) is 2.51. The first-order valence-corrected chi connectivity index (χ1v) is 7.48. The molecule has 0 aliphatic heterocycles. The second-order valence-corrected chi connectivity index (χ2v) is 5.28. The molecule has 0 heterocycles. The quantitative estimate of drug-likeness (QED) is 0.462. The largest absolute Gasteiger partial charge is 0.465 e. The summed E-state index contributed by atoms with van der Waals surface area (Å²) < 4.78 is 42.1. The maximum atomic E-state index is 12.4. The van der Waals surface area contributed by atoms with E-state index >= 15 is 0 Å². The summed E-state index contributed by atoms with van der Waals surface area (Å²) in [5.41, 5.74) is -0.213. The number of carbonyl (C=O) groups excluding carboxylic acids is 2. The molecule has 0 spiro atoms. The van der Waals surface area contributed by atoms with Crippen molar-refractivity contribution >= 4 is 30.5 Å². The number of ketones is 1. The molecule has 1 rings (SSSR count). The summed E-state index contributed by atoms with van der Waals surface area (Å²) in [5.74, 6) is -1.12. The number of ether oxygens (including phenoxy) is 1. The number of esters is 1. The van der Waals surface area contributed by atoms with E-state index in [1.54, 1.807) is 0 Å². The Kier molecular flexibility index (Phi) is 7.35. The number of halogens is 3. The number of alkyl halides is 3. The fourth-order valence-electron chi connectivity index (χ4n) is 1.62. The number of benzene rings is 1. The van der Waals surface area contributed by atoms with E-state index in [-0.39, 0.29) is 13.0 Å². The summed E-state index contributed by atoms with van der Waals surface area (Å²) in [5, 5.41) is -1.15. The fourth-order valence-corrected chi connectivity index (χ4v) is 1.80. The summed E-state index contributed by atoms with van der Waals surface area (Å²) >= 11 is 3.92. The normalized spacial score (nSPS) is 13.1. The van der Waals surface area contributed by atoms with E-state index in [1.807, 2.05) is 6.92 Å². The highest BCUT2D eigenvalue weighted by atomic mass is 32.1. The van der Waals surface area contributed by atoms with Gasteiger partial charge in [-0.3, -0.25) is 9.59 Å². The van der Waals surface area contributed by atoms with E-state index in [9.17, 15) is 22.8 Å². The van der Waals surface area contributed by atoms with Crippen LogP contribution in [-0.2, 0) is 20.5 Å². The van der Waals surface area contributed by atoms with Crippen LogP contribution in [0.1, 0.15) is 30.9 Å². The van der Waals surface area contributed by atoms with Crippen LogP contribution < -0.4 is 0 Å². The molecule has 0 radical (unpaired) electrons. The van der Waals surface area contributed by atoms with Crippen LogP contribution >= 0.6 is 12.6 Å². The zero-order valence-electron chi connectivity index (χ0n) is 12.5. The van der Waals surface area contributed by atoms with Crippen LogP contribution in [-0.4, -0.2) is 23.6 Å². The molecule has 7 heteroatoms. The minimum absolute atomic E-state index is 0.0591. The Bertz CT molecular complexity index is 565. The van der Waals surface area contributed by atoms with Crippen molar-refractivity contribution in [1.82, 2.24) is 0 Å². The number of Topliss-reactive ketones (excluding diaryl/α,β-unsaturated/α-hetero) is 1. The highest BCUT2D eigenvalue weighted by Gasteiger charge is 2.29. The van der Waals surface area contributed by atoms with Gasteiger partial charge in [-0.25, -0.2) is 0 Å². The van der Waals surface area contributed by atoms with Crippen LogP contribution in [0.15, 0.2) is 30.3 Å². The lowest BCUT2D eigenvalue weighted by Crippen LogP contribution is -2.26. The van der Waals surface area contributed by atoms with Gasteiger partial charge in [0.15, 0.2) is 11.0 Å². The first kappa shape index (κ1) is 19.3. The third kappa shape index (κ3) is 6.48. The standard InChI is InChI=1S/C16H17F3O3S/c1-2-10-22-15(21)14(23)13(20)5-3-4-11-6-8-12(9-7-11)16(17,18)19/h3-4,6-9,14,23H,2,5,10H2,1H3/b4-3+. The Morgan fingerprint density at radius 1 is 1.26 bits per heavy atom. The molecule has 0 N–H and O–H groups in total. The van der Waals surface area contributed by atoms with Crippen molar-refractivity contribution in [3.63, 3.8) is 0 Å². The lowest BCUT2D eigenvalue weighted by Gasteiger charge is -2.08. The van der Waals surface area contributed by atoms with Crippen molar-refractivity contribution in [3.05, 3.63) is 41.5 Å². The van der Waals surface area contributed by atoms with Crippen LogP contribution in [0.4, 0.5) is 13.2 Å². The molecule has 0 aliphatic carbocycles. The van der Waals surface area contributed by atoms with Crippen molar-refractivity contribution in [2.45, 2.75) is 31.2 Å². The van der Waals surface area contributed by atoms with Gasteiger partial charge in [-0.1, -0.05) is 31.2 Å². The van der Waals surface area contributed by atoms with Crippen molar-refractivity contribution in [1.29, 1.82) is 0 Å². The first-order chi connectivity index (χ1) is 10.8. The molecule has 0 bridgehead atoms. The van der Waals surface area contributed by atoms with Gasteiger partial charge in [0, 0.05) is 6.42 Å². The molecule has 126 valence electrons. The fraction of sp³-hybridized carbons (Fsp3) is 0.375. The van der Waals surface area contributed by atoms with Gasteiger partial charge in [0.2, 0.25) is 0 Å². The smallest absolute Gasteiger partial charge is 0.416 e. The molecule has 1 aromatic rings. The highest BCUT2D eigenvalue weighted by Crippen LogP contribution is 2.29. The minimum atomic E-state index is -4.38. The number of rotatable bonds is 7. The zero-order chi connectivity index (χ0) is 17.5. The molecule has 1 atom stereocenters. The minimum Gasteiger partial charge on any atom is -0.465 e. The molecule has 0 saturated heterocycles. The van der Waals surface area contributed by atoms with Gasteiger partial charge < -0.3 is 4.74 Å². The Balaban J connectivity index is 2.55. The Morgan fingerprint density at radius 2 is 1.87 bits per heavy atom. The van der Waals surface area contributed by atoms with Crippen LogP contribution in [0, 0.1) is 0 Å². The van der Waals surface area contributed by atoms with Crippen LogP contribution in [0.5, 0.6) is 0 Å². The van der Waals surface area contributed by atoms with Gasteiger partial charge >= 0.3 is 12.1 Å². The van der Waals surface area contributed by atoms with Crippen LogP contribution in [0.2, 0.25) is 0 Å². The Hall–Kier alpha value is -1.76. The highest BCUT2D eigenvalue weighted by molar-refractivity contribution is 7.82. The molecular formula is C16H17F3O3S. The van der Waals surface area contributed by atoms with E-state index in [0.717, 1.165) is 12.1 Å². The summed E-state index contributed by atoms with van der Waals surface area (Å²) in [6, 6.07) is 4.53. The molecule has 1 aromatic carbocycles. The summed E-state index contributed by atoms with van der Waals surface area (Å²) in [6.07, 6.45) is -0.807. The van der Waals surface area contributed by atoms with Gasteiger partial charge in [0.05, 0.1) is 12.2 Å². The van der Waals surface area contributed by atoms with Crippen LogP contribution in [0.25, 0.3) is 6.08 Å². The van der Waals surface area contributed by atoms with Gasteiger partial charge in [-0.05, 0) is 24.1 Å². The second-order valence-electron chi connectivity index (χ2n) is 4.76. The molecule has 0 saturated carbocycles. The number of hydrogen-bond acceptors (Lipinski definition) is 4. The van der Waals surface area contributed by atoms with Gasteiger partial charge in [-0.15, -0.1) is 0 Å². The monoisotopic (exact) mass is 346 g/mol. The van der Waals surface area contributed by atoms with Crippen molar-refractivity contribution in [2.24, 2.45) is 0 Å². The zero-order valence-corrected chi connectivity index (χ0v) is 13.4. The number of carbonyl (C=O) groups is 2. The van der Waals surface area contributed by atoms with E-state index in [4.69, 9.17) is 4.74 Å². The maximum Gasteiger partial charge on any atom is 0.416 e. The van der Waals surface area contributed by atoms with E-state index < -0.39 is 28.7 Å². The number of hydrogen-bond donors (Lipinski definition) is 1. The summed E-state index contributed by atoms with van der Waals surface area (Å²) in [6.45, 7) is 2.06. The second kappa shape index (κ2) is 8.76. The Labute approximate surface area is 137 Å². The predicted octanol–water partition coefficient (Wildman–Crippen LogP) is 3.93. The molecule has 0 amide bonds. The topological polar surface area (TPSA) is 43.4 Å². The van der Waals surface area contributed by atoms with Gasteiger partial charge in [0.1, 0.15) is 0 Å². The molecule has 0 aliphatic rings. The lowest BCUT2D eigenvalue weighted by molar-refractivity contribution is -0.145. The predicted molar refractivity (Wildman–Crippen MR) is 84.1 cm³/mol. The van der Waals surface area contributed by atoms with Crippen molar-refractivity contribution in [2.75, 3.05) is 6.61 Å². The Morgan fingerprint density at radius 3 is 2.39 bits per heavy atom. The van der Waals surface area contributed by atoms with E-state index in [1.165, 1.54) is 24.3 Å². The number of allylic oxidation sites excluding steroid dienone is 1. The average molecular weight is 346 g/mol. The lowest BCUT2D eigenvalue weighted by atomic mass is 10.1. The van der Waals surface area contributed by atoms with Gasteiger partial charge in [0.25, 0.3) is 0 Å². The molecule has 1 unspecified atom stereocenters. The molecule has 23 heavy (non-hydrogen) atoms. The van der Waals surface area contributed by atoms with Crippen molar-refractivity contribution in [3.8, 4) is 0 Å². The summed E-state index contributed by atoms with van der Waals surface area (Å²) in [4.78, 5) is 23.2. The van der Waals surface area contributed by atoms with E-state index in [2.05, 4.69) is 12.6 Å². The third-order valence-corrected chi connectivity index (χ3v) is 3.34. The molecule has 0 aromatic heterocycles. The SMILES string of the molecule is CCCOC(=O)C(S)C(=O)C/C=C/c1ccc(C(F)(F)F)cc1. The molecule has 0 fully saturated rings. The van der Waals surface area contributed by atoms with Crippen molar-refractivity contribution < 1.29 is 27.5 Å². The summed E-state index contributed by atoms with van der Waals surface area (Å²) in [7, 11) is 0.